The Bertz CT molecular complexity index is 1090. The van der Waals surface area contributed by atoms with E-state index in [0.717, 1.165) is 5.56 Å². The Kier molecular flexibility index (Phi) is 6.10. The van der Waals surface area contributed by atoms with Gasteiger partial charge in [-0.15, -0.1) is 0 Å². The van der Waals surface area contributed by atoms with E-state index in [1.165, 1.54) is 22.0 Å². The molecule has 1 amide bonds. The number of nitrogens with zero attached hydrogens (tertiary/aromatic N) is 5. The third kappa shape index (κ3) is 4.72. The highest BCUT2D eigenvalue weighted by molar-refractivity contribution is 6.30. The number of hydrogen-bond acceptors (Lipinski definition) is 5. The molecule has 0 spiro atoms. The number of alkyl halides is 2. The van der Waals surface area contributed by atoms with Gasteiger partial charge < -0.3 is 10.2 Å². The third-order valence-electron chi connectivity index (χ3n) is 5.55. The molecule has 2 aromatic heterocycles. The van der Waals surface area contributed by atoms with Crippen molar-refractivity contribution in [1.82, 2.24) is 24.6 Å². The minimum absolute atomic E-state index is 0.149. The van der Waals surface area contributed by atoms with Crippen LogP contribution in [-0.2, 0) is 7.05 Å². The molecule has 32 heavy (non-hydrogen) atoms. The molecule has 3 heterocycles. The predicted octanol–water partition coefficient (Wildman–Crippen LogP) is 4.13. The van der Waals surface area contributed by atoms with E-state index in [-0.39, 0.29) is 18.7 Å². The minimum atomic E-state index is -2.98. The molecule has 2 atom stereocenters. The zero-order valence-corrected chi connectivity index (χ0v) is 18.4. The quantitative estimate of drug-likeness (QED) is 0.619. The number of aryl methyl sites for hydroxylation is 1. The van der Waals surface area contributed by atoms with E-state index in [0.29, 0.717) is 16.5 Å². The van der Waals surface area contributed by atoms with Crippen LogP contribution in [0.15, 0.2) is 48.9 Å². The van der Waals surface area contributed by atoms with Gasteiger partial charge in [0.1, 0.15) is 0 Å². The van der Waals surface area contributed by atoms with E-state index in [1.807, 2.05) is 30.3 Å². The zero-order valence-electron chi connectivity index (χ0n) is 17.7. The second-order valence-electron chi connectivity index (χ2n) is 8.07. The van der Waals surface area contributed by atoms with Gasteiger partial charge in [0.25, 0.3) is 11.8 Å². The molecule has 10 heteroatoms. The first-order valence-corrected chi connectivity index (χ1v) is 10.6. The van der Waals surface area contributed by atoms with Crippen LogP contribution < -0.4 is 5.32 Å². The van der Waals surface area contributed by atoms with Gasteiger partial charge in [-0.05, 0) is 11.5 Å². The number of hydrogen-bond donors (Lipinski definition) is 1. The Hall–Kier alpha value is -3.07. The molecular weight excluding hydrogens is 438 g/mol. The summed E-state index contributed by atoms with van der Waals surface area (Å²) in [5.74, 6) is -3.65. The zero-order chi connectivity index (χ0) is 22.9. The maximum absolute atomic E-state index is 14.5. The summed E-state index contributed by atoms with van der Waals surface area (Å²) in [6, 6.07) is 8.80. The molecule has 0 aliphatic carbocycles. The van der Waals surface area contributed by atoms with Crippen molar-refractivity contribution in [3.63, 3.8) is 0 Å². The molecule has 168 valence electrons. The number of carbonyl (C=O) groups excluding carboxylic acids is 1. The van der Waals surface area contributed by atoms with Crippen molar-refractivity contribution in [3.8, 4) is 11.1 Å². The highest BCUT2D eigenvalue weighted by Crippen LogP contribution is 2.36. The third-order valence-corrected chi connectivity index (χ3v) is 5.74. The smallest absolute Gasteiger partial charge is 0.275 e. The molecule has 4 rings (SSSR count). The van der Waals surface area contributed by atoms with Crippen molar-refractivity contribution in [2.75, 3.05) is 18.4 Å². The summed E-state index contributed by atoms with van der Waals surface area (Å²) >= 11 is 5.82. The number of anilines is 1. The van der Waals surface area contributed by atoms with Gasteiger partial charge in [0, 0.05) is 31.8 Å². The van der Waals surface area contributed by atoms with Gasteiger partial charge in [0.2, 0.25) is 5.95 Å². The van der Waals surface area contributed by atoms with Crippen LogP contribution in [0.25, 0.3) is 11.1 Å². The fourth-order valence-corrected chi connectivity index (χ4v) is 4.19. The highest BCUT2D eigenvalue weighted by Gasteiger charge is 2.46. The van der Waals surface area contributed by atoms with Gasteiger partial charge in [-0.2, -0.15) is 5.10 Å². The number of nitrogens with one attached hydrogen (secondary N) is 1. The number of piperidine rings is 1. The van der Waals surface area contributed by atoms with Gasteiger partial charge in [0.05, 0.1) is 30.0 Å². The number of halogens is 3. The van der Waals surface area contributed by atoms with Crippen molar-refractivity contribution < 1.29 is 13.6 Å². The van der Waals surface area contributed by atoms with E-state index >= 15 is 0 Å². The lowest BCUT2D eigenvalue weighted by Gasteiger charge is -2.43. The fraction of sp³-hybridized carbons (Fsp3) is 0.364. The summed E-state index contributed by atoms with van der Waals surface area (Å²) in [5.41, 5.74) is 1.55. The summed E-state index contributed by atoms with van der Waals surface area (Å²) in [4.78, 5) is 22.9. The van der Waals surface area contributed by atoms with E-state index < -0.39 is 30.3 Å². The number of benzene rings is 1. The molecule has 0 radical (unpaired) electrons. The molecule has 0 unspecified atom stereocenters. The second kappa shape index (κ2) is 8.82. The average molecular weight is 461 g/mol. The molecule has 1 aliphatic heterocycles. The summed E-state index contributed by atoms with van der Waals surface area (Å²) in [6.45, 7) is 1.27. The molecule has 1 fully saturated rings. The van der Waals surface area contributed by atoms with Crippen molar-refractivity contribution in [3.05, 3.63) is 59.6 Å². The average Bonchev–Trinajstić information content (AvgIpc) is 3.15. The summed E-state index contributed by atoms with van der Waals surface area (Å²) in [6.07, 6.45) is 4.30. The molecule has 1 aromatic carbocycles. The first-order chi connectivity index (χ1) is 15.2. The van der Waals surface area contributed by atoms with E-state index in [1.54, 1.807) is 20.2 Å². The second-order valence-corrected chi connectivity index (χ2v) is 8.51. The molecule has 1 aliphatic rings. The Morgan fingerprint density at radius 1 is 1.25 bits per heavy atom. The predicted molar refractivity (Wildman–Crippen MR) is 118 cm³/mol. The summed E-state index contributed by atoms with van der Waals surface area (Å²) in [7, 11) is 1.70. The van der Waals surface area contributed by atoms with Gasteiger partial charge in [-0.3, -0.25) is 9.48 Å². The van der Waals surface area contributed by atoms with Crippen molar-refractivity contribution in [2.24, 2.45) is 13.0 Å². The van der Waals surface area contributed by atoms with Crippen molar-refractivity contribution >= 4 is 23.5 Å². The summed E-state index contributed by atoms with van der Waals surface area (Å²) < 4.78 is 30.5. The Morgan fingerprint density at radius 3 is 2.62 bits per heavy atom. The van der Waals surface area contributed by atoms with Crippen LogP contribution in [0.5, 0.6) is 0 Å². The summed E-state index contributed by atoms with van der Waals surface area (Å²) in [5, 5.41) is 7.75. The molecule has 1 N–H and O–H groups in total. The van der Waals surface area contributed by atoms with Crippen molar-refractivity contribution in [1.29, 1.82) is 0 Å². The van der Waals surface area contributed by atoms with Gasteiger partial charge in [-0.25, -0.2) is 18.7 Å². The molecule has 0 bridgehead atoms. The molecule has 7 nitrogen and oxygen atoms in total. The molecular formula is C22H23ClF2N6O. The lowest BCUT2D eigenvalue weighted by atomic mass is 9.88. The van der Waals surface area contributed by atoms with E-state index in [9.17, 15) is 13.6 Å². The molecule has 1 saturated heterocycles. The Labute approximate surface area is 189 Å². The van der Waals surface area contributed by atoms with Gasteiger partial charge >= 0.3 is 0 Å². The maximum atomic E-state index is 14.5. The first-order valence-electron chi connectivity index (χ1n) is 10.2. The van der Waals surface area contributed by atoms with Crippen LogP contribution in [0.3, 0.4) is 0 Å². The van der Waals surface area contributed by atoms with Crippen LogP contribution >= 0.6 is 11.6 Å². The standard InChI is InChI=1S/C22H23ClF2N6O/c1-14-8-22(24,25)13-31(18(14)11-28-21-26-9-16(23)10-27-21)20(32)19-17(12-30(2)29-19)15-6-4-3-5-7-15/h3-7,9-10,12,14,18H,8,11,13H2,1-2H3,(H,26,27,28)/t14-,18-/m1/s1. The topological polar surface area (TPSA) is 75.9 Å². The Balaban J connectivity index is 1.64. The molecule has 0 saturated carbocycles. The normalized spacial score (nSPS) is 20.2. The van der Waals surface area contributed by atoms with E-state index in [2.05, 4.69) is 20.4 Å². The largest absolute Gasteiger partial charge is 0.352 e. The van der Waals surface area contributed by atoms with Crippen LogP contribution in [0.1, 0.15) is 23.8 Å². The van der Waals surface area contributed by atoms with Gasteiger partial charge in [0.15, 0.2) is 5.69 Å². The number of aromatic nitrogens is 4. The SMILES string of the molecule is C[C@@H]1CC(F)(F)CN(C(=O)c2nn(C)cc2-c2ccccc2)[C@@H]1CNc1ncc(Cl)cn1. The number of carbonyl (C=O) groups is 1. The number of amides is 1. The lowest BCUT2D eigenvalue weighted by molar-refractivity contribution is -0.0898. The van der Waals surface area contributed by atoms with E-state index in [4.69, 9.17) is 11.6 Å². The van der Waals surface area contributed by atoms with Crippen molar-refractivity contribution in [2.45, 2.75) is 25.3 Å². The number of rotatable bonds is 5. The van der Waals surface area contributed by atoms with Crippen LogP contribution in [0.4, 0.5) is 14.7 Å². The monoisotopic (exact) mass is 460 g/mol. The molecule has 3 aromatic rings. The maximum Gasteiger partial charge on any atom is 0.275 e. The van der Waals surface area contributed by atoms with Crippen LogP contribution in [-0.4, -0.2) is 55.6 Å². The lowest BCUT2D eigenvalue weighted by Crippen LogP contribution is -2.57. The fourth-order valence-electron chi connectivity index (χ4n) is 4.09. The Morgan fingerprint density at radius 2 is 1.94 bits per heavy atom. The first kappa shape index (κ1) is 22.1. The highest BCUT2D eigenvalue weighted by atomic mass is 35.5. The van der Waals surface area contributed by atoms with Crippen LogP contribution in [0, 0.1) is 5.92 Å². The minimum Gasteiger partial charge on any atom is -0.352 e. The van der Waals surface area contributed by atoms with Crippen LogP contribution in [0.2, 0.25) is 5.02 Å². The van der Waals surface area contributed by atoms with Gasteiger partial charge in [-0.1, -0.05) is 48.9 Å². The number of likely N-dealkylation sites (tertiary alicyclic amines) is 1.